The minimum absolute atomic E-state index is 0.00291. The normalized spacial score (nSPS) is 15.7. The minimum atomic E-state index is -3.42. The Balaban J connectivity index is 1.86. The van der Waals surface area contributed by atoms with Crippen molar-refractivity contribution in [3.63, 3.8) is 0 Å². The second kappa shape index (κ2) is 9.60. The molecule has 1 aliphatic carbocycles. The zero-order valence-electron chi connectivity index (χ0n) is 15.6. The summed E-state index contributed by atoms with van der Waals surface area (Å²) in [5.74, 6) is 0.591. The minimum Gasteiger partial charge on any atom is -0.356 e. The predicted molar refractivity (Wildman–Crippen MR) is 107 cm³/mol. The SMILES string of the molecule is Cc1cc(Cl)ccc1N(CCCC(=O)NCC1CCCCC1)S(C)(=O)=O. The lowest BCUT2D eigenvalue weighted by Gasteiger charge is -2.24. The van der Waals surface area contributed by atoms with Crippen LogP contribution in [0.4, 0.5) is 5.69 Å². The third kappa shape index (κ3) is 6.47. The molecule has 1 fully saturated rings. The number of hydrogen-bond donors (Lipinski definition) is 1. The van der Waals surface area contributed by atoms with Gasteiger partial charge in [-0.25, -0.2) is 8.42 Å². The molecule has 0 aliphatic heterocycles. The first-order valence-electron chi connectivity index (χ1n) is 9.28. The molecule has 0 heterocycles. The van der Waals surface area contributed by atoms with Crippen molar-refractivity contribution in [1.29, 1.82) is 0 Å². The highest BCUT2D eigenvalue weighted by molar-refractivity contribution is 7.92. The Morgan fingerprint density at radius 2 is 1.96 bits per heavy atom. The van der Waals surface area contributed by atoms with Crippen LogP contribution in [0.1, 0.15) is 50.5 Å². The van der Waals surface area contributed by atoms with Crippen molar-refractivity contribution in [3.05, 3.63) is 28.8 Å². The van der Waals surface area contributed by atoms with E-state index in [-0.39, 0.29) is 12.5 Å². The van der Waals surface area contributed by atoms with Gasteiger partial charge in [0.05, 0.1) is 11.9 Å². The van der Waals surface area contributed by atoms with Crippen molar-refractivity contribution < 1.29 is 13.2 Å². The Morgan fingerprint density at radius 3 is 2.58 bits per heavy atom. The summed E-state index contributed by atoms with van der Waals surface area (Å²) in [4.78, 5) is 12.1. The second-order valence-corrected chi connectivity index (χ2v) is 9.52. The highest BCUT2D eigenvalue weighted by Gasteiger charge is 2.20. The number of nitrogens with one attached hydrogen (secondary N) is 1. The van der Waals surface area contributed by atoms with E-state index in [9.17, 15) is 13.2 Å². The summed E-state index contributed by atoms with van der Waals surface area (Å²) in [6, 6.07) is 5.13. The molecule has 146 valence electrons. The number of amides is 1. The highest BCUT2D eigenvalue weighted by Crippen LogP contribution is 2.26. The van der Waals surface area contributed by atoms with E-state index in [0.29, 0.717) is 29.5 Å². The lowest BCUT2D eigenvalue weighted by Crippen LogP contribution is -2.33. The van der Waals surface area contributed by atoms with Crippen LogP contribution in [-0.2, 0) is 14.8 Å². The number of sulfonamides is 1. The Morgan fingerprint density at radius 1 is 1.27 bits per heavy atom. The van der Waals surface area contributed by atoms with Gasteiger partial charge in [-0.2, -0.15) is 0 Å². The first-order valence-corrected chi connectivity index (χ1v) is 11.5. The van der Waals surface area contributed by atoms with Crippen molar-refractivity contribution in [2.24, 2.45) is 5.92 Å². The van der Waals surface area contributed by atoms with Gasteiger partial charge in [0.2, 0.25) is 15.9 Å². The standard InChI is InChI=1S/C19H29ClN2O3S/c1-15-13-17(20)10-11-18(15)22(26(2,24)25)12-6-9-19(23)21-14-16-7-4-3-5-8-16/h10-11,13,16H,3-9,12,14H2,1-2H3,(H,21,23). The van der Waals surface area contributed by atoms with E-state index in [1.54, 1.807) is 18.2 Å². The monoisotopic (exact) mass is 400 g/mol. The van der Waals surface area contributed by atoms with Crippen LogP contribution in [0.25, 0.3) is 0 Å². The van der Waals surface area contributed by atoms with Gasteiger partial charge in [0.1, 0.15) is 0 Å². The number of anilines is 1. The van der Waals surface area contributed by atoms with Crippen LogP contribution in [0.2, 0.25) is 5.02 Å². The van der Waals surface area contributed by atoms with Crippen LogP contribution in [0.15, 0.2) is 18.2 Å². The molecule has 0 bridgehead atoms. The molecular formula is C19H29ClN2O3S. The largest absolute Gasteiger partial charge is 0.356 e. The van der Waals surface area contributed by atoms with E-state index in [1.807, 2.05) is 6.92 Å². The van der Waals surface area contributed by atoms with Crippen molar-refractivity contribution in [2.75, 3.05) is 23.7 Å². The maximum Gasteiger partial charge on any atom is 0.232 e. The first-order chi connectivity index (χ1) is 12.3. The summed E-state index contributed by atoms with van der Waals surface area (Å²) < 4.78 is 25.7. The summed E-state index contributed by atoms with van der Waals surface area (Å²) in [6.45, 7) is 2.85. The Labute approximate surface area is 162 Å². The molecule has 0 atom stereocenters. The van der Waals surface area contributed by atoms with Gasteiger partial charge < -0.3 is 5.32 Å². The van der Waals surface area contributed by atoms with Crippen molar-refractivity contribution in [2.45, 2.75) is 51.9 Å². The fourth-order valence-corrected chi connectivity index (χ4v) is 4.73. The van der Waals surface area contributed by atoms with E-state index in [0.717, 1.165) is 12.1 Å². The van der Waals surface area contributed by atoms with E-state index in [1.165, 1.54) is 42.7 Å². The number of carbonyl (C=O) groups excluding carboxylic acids is 1. The molecular weight excluding hydrogens is 372 g/mol. The van der Waals surface area contributed by atoms with Gasteiger partial charge in [-0.3, -0.25) is 9.10 Å². The number of aryl methyl sites for hydroxylation is 1. The van der Waals surface area contributed by atoms with Gasteiger partial charge in [-0.05, 0) is 55.9 Å². The van der Waals surface area contributed by atoms with Crippen LogP contribution in [0.5, 0.6) is 0 Å². The second-order valence-electron chi connectivity index (χ2n) is 7.18. The Bertz CT molecular complexity index is 715. The maximum atomic E-state index is 12.2. The zero-order valence-corrected chi connectivity index (χ0v) is 17.2. The van der Waals surface area contributed by atoms with Gasteiger partial charge in [0.25, 0.3) is 0 Å². The first kappa shape index (κ1) is 21.0. The Kier molecular flexibility index (Phi) is 7.77. The van der Waals surface area contributed by atoms with E-state index < -0.39 is 10.0 Å². The molecule has 2 rings (SSSR count). The Hall–Kier alpha value is -1.27. The number of halogens is 1. The molecule has 1 aromatic rings. The number of rotatable bonds is 8. The van der Waals surface area contributed by atoms with Gasteiger partial charge in [0, 0.05) is 24.5 Å². The number of benzene rings is 1. The van der Waals surface area contributed by atoms with Gasteiger partial charge >= 0.3 is 0 Å². The van der Waals surface area contributed by atoms with Gasteiger partial charge in [0.15, 0.2) is 0 Å². The van der Waals surface area contributed by atoms with Crippen molar-refractivity contribution >= 4 is 33.2 Å². The third-order valence-electron chi connectivity index (χ3n) is 4.91. The quantitative estimate of drug-likeness (QED) is 0.719. The molecule has 0 radical (unpaired) electrons. The van der Waals surface area contributed by atoms with E-state index in [4.69, 9.17) is 11.6 Å². The van der Waals surface area contributed by atoms with Crippen LogP contribution in [-0.4, -0.2) is 33.7 Å². The summed E-state index contributed by atoms with van der Waals surface area (Å²) in [7, 11) is -3.42. The molecule has 0 unspecified atom stereocenters. The average Bonchev–Trinajstić information content (AvgIpc) is 2.58. The van der Waals surface area contributed by atoms with E-state index >= 15 is 0 Å². The van der Waals surface area contributed by atoms with Crippen LogP contribution < -0.4 is 9.62 Å². The van der Waals surface area contributed by atoms with Crippen LogP contribution in [0.3, 0.4) is 0 Å². The van der Waals surface area contributed by atoms with Crippen molar-refractivity contribution in [3.8, 4) is 0 Å². The number of carbonyl (C=O) groups is 1. The van der Waals surface area contributed by atoms with Gasteiger partial charge in [-0.1, -0.05) is 30.9 Å². The molecule has 1 amide bonds. The summed E-state index contributed by atoms with van der Waals surface area (Å²) in [6.07, 6.45) is 8.18. The van der Waals surface area contributed by atoms with Gasteiger partial charge in [-0.15, -0.1) is 0 Å². The smallest absolute Gasteiger partial charge is 0.232 e. The molecule has 1 aliphatic rings. The van der Waals surface area contributed by atoms with Crippen LogP contribution >= 0.6 is 11.6 Å². The lowest BCUT2D eigenvalue weighted by atomic mass is 9.89. The zero-order chi connectivity index (χ0) is 19.2. The molecule has 1 N–H and O–H groups in total. The molecule has 1 saturated carbocycles. The fraction of sp³-hybridized carbons (Fsp3) is 0.632. The molecule has 0 spiro atoms. The highest BCUT2D eigenvalue weighted by atomic mass is 35.5. The summed E-state index contributed by atoms with van der Waals surface area (Å²) in [5.41, 5.74) is 1.41. The maximum absolute atomic E-state index is 12.2. The molecule has 26 heavy (non-hydrogen) atoms. The summed E-state index contributed by atoms with van der Waals surface area (Å²) in [5, 5.41) is 3.57. The average molecular weight is 401 g/mol. The summed E-state index contributed by atoms with van der Waals surface area (Å²) >= 11 is 5.96. The molecule has 1 aromatic carbocycles. The van der Waals surface area contributed by atoms with Crippen molar-refractivity contribution in [1.82, 2.24) is 5.32 Å². The molecule has 5 nitrogen and oxygen atoms in total. The predicted octanol–water partition coefficient (Wildman–Crippen LogP) is 3.89. The van der Waals surface area contributed by atoms with Crippen LogP contribution in [0, 0.1) is 12.8 Å². The lowest BCUT2D eigenvalue weighted by molar-refractivity contribution is -0.121. The number of hydrogen-bond acceptors (Lipinski definition) is 3. The molecule has 0 aromatic heterocycles. The molecule has 7 heteroatoms. The van der Waals surface area contributed by atoms with E-state index in [2.05, 4.69) is 5.32 Å². The topological polar surface area (TPSA) is 66.5 Å². The molecule has 0 saturated heterocycles. The number of nitrogens with zero attached hydrogens (tertiary/aromatic N) is 1. The fourth-order valence-electron chi connectivity index (χ4n) is 3.48. The third-order valence-corrected chi connectivity index (χ3v) is 6.32.